The third-order valence-corrected chi connectivity index (χ3v) is 2.47. The quantitative estimate of drug-likeness (QED) is 0.554. The molecule has 1 aromatic carbocycles. The molecule has 0 radical (unpaired) electrons. The number of pyridine rings is 1. The maximum atomic E-state index is 11.9. The first-order chi connectivity index (χ1) is 7.75. The summed E-state index contributed by atoms with van der Waals surface area (Å²) < 4.78 is 1.78. The molecule has 2 rings (SSSR count). The van der Waals surface area contributed by atoms with E-state index in [-0.39, 0.29) is 22.8 Å². The van der Waals surface area contributed by atoms with Gasteiger partial charge in [0, 0.05) is 11.6 Å². The lowest BCUT2D eigenvalue weighted by Crippen LogP contribution is -3.00. The average Bonchev–Trinajstić information content (AvgIpc) is 2.30. The van der Waals surface area contributed by atoms with Crippen LogP contribution in [0.15, 0.2) is 54.9 Å². The van der Waals surface area contributed by atoms with Gasteiger partial charge in [-0.3, -0.25) is 4.79 Å². The molecular weight excluding hydrogens is 302 g/mol. The molecule has 0 saturated carbocycles. The first kappa shape index (κ1) is 13.9. The van der Waals surface area contributed by atoms with E-state index in [2.05, 4.69) is 0 Å². The van der Waals surface area contributed by atoms with E-state index in [1.54, 1.807) is 16.8 Å². The lowest BCUT2D eigenvalue weighted by molar-refractivity contribution is -0.683. The average molecular weight is 313 g/mol. The molecule has 0 N–H and O–H groups in total. The summed E-state index contributed by atoms with van der Waals surface area (Å²) in [6.45, 7) is 0.310. The number of Topliss-reactive ketones (excluding diaryl/α,β-unsaturated/α-hetero) is 1. The number of benzene rings is 1. The molecule has 17 heavy (non-hydrogen) atoms. The summed E-state index contributed by atoms with van der Waals surface area (Å²) in [5.74, 6) is 0.0767. The van der Waals surface area contributed by atoms with Gasteiger partial charge in [-0.1, -0.05) is 41.9 Å². The number of ketones is 1. The van der Waals surface area contributed by atoms with Crippen LogP contribution in [0.4, 0.5) is 0 Å². The Hall–Kier alpha value is -1.19. The molecule has 0 aliphatic heterocycles. The molecule has 1 heterocycles. The molecule has 0 amide bonds. The van der Waals surface area contributed by atoms with Crippen LogP contribution in [0, 0.1) is 0 Å². The monoisotopic (exact) mass is 311 g/mol. The minimum atomic E-state index is 0. The highest BCUT2D eigenvalue weighted by molar-refractivity contribution is 6.30. The van der Waals surface area contributed by atoms with Crippen molar-refractivity contribution in [2.45, 2.75) is 6.54 Å². The molecule has 2 nitrogen and oxygen atoms in total. The number of aromatic nitrogens is 1. The van der Waals surface area contributed by atoms with Gasteiger partial charge in [0.15, 0.2) is 12.4 Å². The highest BCUT2D eigenvalue weighted by Gasteiger charge is 2.11. The zero-order chi connectivity index (χ0) is 11.4. The van der Waals surface area contributed by atoms with Gasteiger partial charge in [0.2, 0.25) is 12.3 Å². The predicted molar refractivity (Wildman–Crippen MR) is 62.4 cm³/mol. The number of nitrogens with zero attached hydrogens (tertiary/aromatic N) is 1. The highest BCUT2D eigenvalue weighted by Crippen LogP contribution is 2.03. The van der Waals surface area contributed by atoms with Crippen molar-refractivity contribution in [1.82, 2.24) is 0 Å². The van der Waals surface area contributed by atoms with Gasteiger partial charge in [-0.15, -0.1) is 0 Å². The Morgan fingerprint density at radius 2 is 1.82 bits per heavy atom. The van der Waals surface area contributed by atoms with E-state index in [1.807, 2.05) is 42.6 Å². The molecule has 0 bridgehead atoms. The van der Waals surface area contributed by atoms with Crippen LogP contribution in [0.5, 0.6) is 0 Å². The Morgan fingerprint density at radius 3 is 2.47 bits per heavy atom. The van der Waals surface area contributed by atoms with E-state index in [4.69, 9.17) is 11.6 Å². The summed E-state index contributed by atoms with van der Waals surface area (Å²) in [7, 11) is 0. The van der Waals surface area contributed by atoms with Crippen molar-refractivity contribution in [3.05, 3.63) is 65.4 Å². The third-order valence-electron chi connectivity index (χ3n) is 2.24. The van der Waals surface area contributed by atoms with E-state index in [0.717, 1.165) is 5.56 Å². The number of rotatable bonds is 3. The molecule has 0 unspecified atom stereocenters. The van der Waals surface area contributed by atoms with Gasteiger partial charge in [-0.05, 0) is 6.07 Å². The molecule has 0 spiro atoms. The minimum absolute atomic E-state index is 0. The maximum Gasteiger partial charge on any atom is 0.227 e. The molecular formula is C13H11BrClNO. The van der Waals surface area contributed by atoms with Crippen LogP contribution < -0.4 is 21.5 Å². The lowest BCUT2D eigenvalue weighted by atomic mass is 10.1. The number of carbonyl (C=O) groups is 1. The van der Waals surface area contributed by atoms with Crippen LogP contribution in [0.2, 0.25) is 5.02 Å². The van der Waals surface area contributed by atoms with E-state index < -0.39 is 0 Å². The van der Waals surface area contributed by atoms with E-state index in [0.29, 0.717) is 11.6 Å². The largest absolute Gasteiger partial charge is 1.00 e. The highest BCUT2D eigenvalue weighted by atomic mass is 79.9. The third kappa shape index (κ3) is 3.95. The van der Waals surface area contributed by atoms with Crippen molar-refractivity contribution in [2.75, 3.05) is 0 Å². The molecule has 2 aromatic rings. The van der Waals surface area contributed by atoms with Crippen LogP contribution in [0.3, 0.4) is 0 Å². The van der Waals surface area contributed by atoms with E-state index in [9.17, 15) is 4.79 Å². The van der Waals surface area contributed by atoms with Gasteiger partial charge in [-0.25, -0.2) is 0 Å². The second kappa shape index (κ2) is 6.52. The van der Waals surface area contributed by atoms with Crippen molar-refractivity contribution in [2.24, 2.45) is 0 Å². The fourth-order valence-electron chi connectivity index (χ4n) is 1.47. The Balaban J connectivity index is 0.00000144. The summed E-state index contributed by atoms with van der Waals surface area (Å²) in [6.07, 6.45) is 3.56. The molecule has 4 heteroatoms. The second-order valence-electron chi connectivity index (χ2n) is 3.48. The standard InChI is InChI=1S/C13H11ClNO.BrH/c14-12-7-4-8-15(9-12)10-13(16)11-5-2-1-3-6-11;/h1-9H,10H2;1H/q+1;/p-1. The Morgan fingerprint density at radius 1 is 1.12 bits per heavy atom. The molecule has 0 fully saturated rings. The van der Waals surface area contributed by atoms with Gasteiger partial charge in [0.05, 0.1) is 0 Å². The van der Waals surface area contributed by atoms with Crippen LogP contribution in [-0.2, 0) is 6.54 Å². The van der Waals surface area contributed by atoms with Gasteiger partial charge in [-0.2, -0.15) is 4.57 Å². The van der Waals surface area contributed by atoms with Gasteiger partial charge in [0.1, 0.15) is 5.02 Å². The topological polar surface area (TPSA) is 20.9 Å². The summed E-state index contributed by atoms with van der Waals surface area (Å²) in [5, 5.41) is 0.628. The van der Waals surface area contributed by atoms with Crippen molar-refractivity contribution in [3.8, 4) is 0 Å². The van der Waals surface area contributed by atoms with Gasteiger partial charge >= 0.3 is 0 Å². The SMILES string of the molecule is O=C(C[n+]1cccc(Cl)c1)c1ccccc1.[Br-]. The number of hydrogen-bond donors (Lipinski definition) is 0. The van der Waals surface area contributed by atoms with Crippen LogP contribution in [0.25, 0.3) is 0 Å². The molecule has 0 saturated heterocycles. The first-order valence-corrected chi connectivity index (χ1v) is 5.36. The summed E-state index contributed by atoms with van der Waals surface area (Å²) in [4.78, 5) is 11.9. The lowest BCUT2D eigenvalue weighted by Gasteiger charge is -1.97. The zero-order valence-electron chi connectivity index (χ0n) is 9.01. The Labute approximate surface area is 116 Å². The Kier molecular flexibility index (Phi) is 5.32. The predicted octanol–water partition coefficient (Wildman–Crippen LogP) is -0.486. The fraction of sp³-hybridized carbons (Fsp3) is 0.0769. The zero-order valence-corrected chi connectivity index (χ0v) is 11.4. The maximum absolute atomic E-state index is 11.9. The summed E-state index contributed by atoms with van der Waals surface area (Å²) >= 11 is 5.84. The minimum Gasteiger partial charge on any atom is -1.00 e. The summed E-state index contributed by atoms with van der Waals surface area (Å²) in [5.41, 5.74) is 0.718. The van der Waals surface area contributed by atoms with E-state index >= 15 is 0 Å². The van der Waals surface area contributed by atoms with Crippen LogP contribution >= 0.6 is 11.6 Å². The molecule has 0 aliphatic rings. The van der Waals surface area contributed by atoms with Crippen molar-refractivity contribution < 1.29 is 26.3 Å². The molecule has 1 aromatic heterocycles. The molecule has 0 aliphatic carbocycles. The van der Waals surface area contributed by atoms with Gasteiger partial charge in [0.25, 0.3) is 0 Å². The number of hydrogen-bond acceptors (Lipinski definition) is 1. The van der Waals surface area contributed by atoms with Crippen molar-refractivity contribution in [1.29, 1.82) is 0 Å². The number of halogens is 2. The van der Waals surface area contributed by atoms with E-state index in [1.165, 1.54) is 0 Å². The second-order valence-corrected chi connectivity index (χ2v) is 3.92. The summed E-state index contributed by atoms with van der Waals surface area (Å²) in [6, 6.07) is 12.8. The Bertz CT molecular complexity index is 502. The first-order valence-electron chi connectivity index (χ1n) is 4.98. The van der Waals surface area contributed by atoms with Crippen LogP contribution in [0.1, 0.15) is 10.4 Å². The number of carbonyl (C=O) groups excluding carboxylic acids is 1. The van der Waals surface area contributed by atoms with Crippen LogP contribution in [-0.4, -0.2) is 5.78 Å². The van der Waals surface area contributed by atoms with Gasteiger partial charge < -0.3 is 17.0 Å². The molecule has 0 atom stereocenters. The fourth-order valence-corrected chi connectivity index (χ4v) is 1.67. The normalized spacial score (nSPS) is 9.47. The van der Waals surface area contributed by atoms with Crippen molar-refractivity contribution in [3.63, 3.8) is 0 Å². The smallest absolute Gasteiger partial charge is 0.227 e. The van der Waals surface area contributed by atoms with Crippen molar-refractivity contribution >= 4 is 17.4 Å². The molecule has 88 valence electrons.